The van der Waals surface area contributed by atoms with Gasteiger partial charge in [-0.1, -0.05) is 6.07 Å². The molecule has 2 N–H and O–H groups in total. The van der Waals surface area contributed by atoms with Gasteiger partial charge >= 0.3 is 0 Å². The fraction of sp³-hybridized carbons (Fsp3) is 0.0588. The quantitative estimate of drug-likeness (QED) is 0.605. The van der Waals surface area contributed by atoms with Crippen LogP contribution in [-0.2, 0) is 6.54 Å². The van der Waals surface area contributed by atoms with E-state index in [0.717, 1.165) is 16.6 Å². The fourth-order valence-electron chi connectivity index (χ4n) is 2.46. The van der Waals surface area contributed by atoms with Gasteiger partial charge in [-0.2, -0.15) is 5.10 Å². The minimum absolute atomic E-state index is 0.210. The van der Waals surface area contributed by atoms with Crippen molar-refractivity contribution in [2.75, 3.05) is 5.32 Å². The van der Waals surface area contributed by atoms with Gasteiger partial charge < -0.3 is 10.3 Å². The van der Waals surface area contributed by atoms with Gasteiger partial charge in [-0.15, -0.1) is 0 Å². The Balaban J connectivity index is 1.47. The first-order chi connectivity index (χ1) is 11.8. The molecule has 0 aliphatic rings. The zero-order valence-electron chi connectivity index (χ0n) is 12.7. The van der Waals surface area contributed by atoms with Crippen LogP contribution < -0.4 is 5.32 Å². The van der Waals surface area contributed by atoms with Gasteiger partial charge in [0.05, 0.1) is 23.9 Å². The maximum absolute atomic E-state index is 12.3. The predicted molar refractivity (Wildman–Crippen MR) is 89.6 cm³/mol. The topological polar surface area (TPSA) is 88.5 Å². The molecule has 0 saturated heterocycles. The number of H-pyrrole nitrogens is 1. The first-order valence-electron chi connectivity index (χ1n) is 7.45. The Morgan fingerprint density at radius 3 is 3.08 bits per heavy atom. The fourth-order valence-corrected chi connectivity index (χ4v) is 2.46. The second-order valence-electron chi connectivity index (χ2n) is 5.35. The third-order valence-corrected chi connectivity index (χ3v) is 3.63. The molecule has 4 aromatic rings. The highest BCUT2D eigenvalue weighted by molar-refractivity contribution is 6.05. The molecule has 4 rings (SSSR count). The van der Waals surface area contributed by atoms with Crippen LogP contribution in [-0.4, -0.2) is 30.6 Å². The lowest BCUT2D eigenvalue weighted by Gasteiger charge is -2.03. The van der Waals surface area contributed by atoms with Gasteiger partial charge in [0.1, 0.15) is 0 Å². The van der Waals surface area contributed by atoms with Crippen molar-refractivity contribution >= 4 is 22.8 Å². The maximum atomic E-state index is 12.3. The van der Waals surface area contributed by atoms with E-state index in [1.165, 1.54) is 0 Å². The van der Waals surface area contributed by atoms with Crippen LogP contribution in [0, 0.1) is 0 Å². The lowest BCUT2D eigenvalue weighted by Crippen LogP contribution is -2.12. The van der Waals surface area contributed by atoms with Crippen LogP contribution in [0.1, 0.15) is 15.9 Å². The van der Waals surface area contributed by atoms with Gasteiger partial charge in [0.2, 0.25) is 0 Å². The molecule has 0 bridgehead atoms. The minimum atomic E-state index is -0.210. The zero-order chi connectivity index (χ0) is 16.4. The monoisotopic (exact) mass is 318 g/mol. The summed E-state index contributed by atoms with van der Waals surface area (Å²) in [5.41, 5.74) is 3.24. The number of fused-ring (bicyclic) bond motifs is 1. The molecular weight excluding hydrogens is 304 g/mol. The third-order valence-electron chi connectivity index (χ3n) is 3.63. The van der Waals surface area contributed by atoms with E-state index in [4.69, 9.17) is 0 Å². The molecule has 0 radical (unpaired) electrons. The highest BCUT2D eigenvalue weighted by Gasteiger charge is 2.09. The molecule has 1 aromatic carbocycles. The Kier molecular flexibility index (Phi) is 3.51. The number of rotatable bonds is 4. The number of pyridine rings is 1. The number of nitrogens with one attached hydrogen (secondary N) is 2. The summed E-state index contributed by atoms with van der Waals surface area (Å²) in [7, 11) is 0. The lowest BCUT2D eigenvalue weighted by atomic mass is 10.2. The first kappa shape index (κ1) is 14.1. The third kappa shape index (κ3) is 2.87. The van der Waals surface area contributed by atoms with Crippen molar-refractivity contribution in [2.45, 2.75) is 6.54 Å². The van der Waals surface area contributed by atoms with Crippen LogP contribution in [0.4, 0.5) is 5.82 Å². The maximum Gasteiger partial charge on any atom is 0.256 e. The van der Waals surface area contributed by atoms with Gasteiger partial charge in [0.25, 0.3) is 5.91 Å². The molecule has 1 amide bonds. The van der Waals surface area contributed by atoms with Gasteiger partial charge in [-0.05, 0) is 29.8 Å². The summed E-state index contributed by atoms with van der Waals surface area (Å²) < 4.78 is 1.75. The van der Waals surface area contributed by atoms with E-state index in [-0.39, 0.29) is 5.91 Å². The van der Waals surface area contributed by atoms with Gasteiger partial charge in [-0.25, -0.2) is 4.98 Å². The van der Waals surface area contributed by atoms with Gasteiger partial charge in [0, 0.05) is 30.2 Å². The Morgan fingerprint density at radius 1 is 1.25 bits per heavy atom. The van der Waals surface area contributed by atoms with E-state index in [2.05, 4.69) is 25.4 Å². The molecule has 0 unspecified atom stereocenters. The summed E-state index contributed by atoms with van der Waals surface area (Å²) in [5.74, 6) is 0.298. The molecule has 3 aromatic heterocycles. The number of anilines is 1. The summed E-state index contributed by atoms with van der Waals surface area (Å²) in [6.45, 7) is 0.601. The molecule has 0 aliphatic heterocycles. The number of benzene rings is 1. The smallest absolute Gasteiger partial charge is 0.256 e. The number of aromatic nitrogens is 5. The molecule has 7 heteroatoms. The molecule has 24 heavy (non-hydrogen) atoms. The Morgan fingerprint density at radius 2 is 2.21 bits per heavy atom. The highest BCUT2D eigenvalue weighted by Crippen LogP contribution is 2.13. The van der Waals surface area contributed by atoms with E-state index >= 15 is 0 Å². The van der Waals surface area contributed by atoms with E-state index < -0.39 is 0 Å². The van der Waals surface area contributed by atoms with Crippen LogP contribution >= 0.6 is 0 Å². The van der Waals surface area contributed by atoms with E-state index in [1.807, 2.05) is 24.4 Å². The summed E-state index contributed by atoms with van der Waals surface area (Å²) in [4.78, 5) is 23.6. The Labute approximate surface area is 137 Å². The molecule has 7 nitrogen and oxygen atoms in total. The Hall–Kier alpha value is -3.48. The van der Waals surface area contributed by atoms with E-state index in [1.54, 1.807) is 41.6 Å². The van der Waals surface area contributed by atoms with E-state index in [9.17, 15) is 4.79 Å². The van der Waals surface area contributed by atoms with Crippen molar-refractivity contribution in [1.82, 2.24) is 24.7 Å². The van der Waals surface area contributed by atoms with Gasteiger partial charge in [0.15, 0.2) is 5.82 Å². The molecule has 0 atom stereocenters. The normalized spacial score (nSPS) is 10.8. The number of hydrogen-bond donors (Lipinski definition) is 2. The molecule has 0 saturated carbocycles. The highest BCUT2D eigenvalue weighted by atomic mass is 16.1. The zero-order valence-corrected chi connectivity index (χ0v) is 12.7. The molecule has 0 aliphatic carbocycles. The largest absolute Gasteiger partial charge is 0.345 e. The number of aromatic amines is 1. The number of hydrogen-bond acceptors (Lipinski definition) is 4. The first-order valence-corrected chi connectivity index (χ1v) is 7.45. The second-order valence-corrected chi connectivity index (χ2v) is 5.35. The number of carbonyl (C=O) groups excluding carboxylic acids is 1. The predicted octanol–water partition coefficient (Wildman–Crippen LogP) is 2.46. The number of carbonyl (C=O) groups is 1. The van der Waals surface area contributed by atoms with Crippen LogP contribution in [0.15, 0.2) is 61.3 Å². The summed E-state index contributed by atoms with van der Waals surface area (Å²) >= 11 is 0. The molecule has 3 heterocycles. The van der Waals surface area contributed by atoms with Crippen LogP contribution in [0.3, 0.4) is 0 Å². The summed E-state index contributed by atoms with van der Waals surface area (Å²) in [6, 6.07) is 10.9. The number of amides is 1. The molecule has 0 spiro atoms. The lowest BCUT2D eigenvalue weighted by molar-refractivity contribution is 0.102. The van der Waals surface area contributed by atoms with Crippen molar-refractivity contribution in [2.24, 2.45) is 0 Å². The Bertz CT molecular complexity index is 988. The second kappa shape index (κ2) is 5.96. The number of imidazole rings is 1. The number of nitrogens with zero attached hydrogens (tertiary/aromatic N) is 4. The van der Waals surface area contributed by atoms with Crippen molar-refractivity contribution in [3.05, 3.63) is 72.4 Å². The van der Waals surface area contributed by atoms with Crippen molar-refractivity contribution in [3.8, 4) is 0 Å². The van der Waals surface area contributed by atoms with Crippen molar-refractivity contribution in [3.63, 3.8) is 0 Å². The van der Waals surface area contributed by atoms with Crippen molar-refractivity contribution < 1.29 is 4.79 Å². The van der Waals surface area contributed by atoms with E-state index in [0.29, 0.717) is 17.9 Å². The standard InChI is InChI=1S/C17H14N6O/c24-17(13-3-4-14-15(8-13)20-11-19-14)21-16-5-7-23(22-16)10-12-2-1-6-18-9-12/h1-9,11H,10H2,(H,19,20)(H,21,22,24). The average molecular weight is 318 g/mol. The molecule has 118 valence electrons. The molecule has 0 fully saturated rings. The van der Waals surface area contributed by atoms with Crippen molar-refractivity contribution in [1.29, 1.82) is 0 Å². The SMILES string of the molecule is O=C(Nc1ccn(Cc2cccnc2)n1)c1ccc2nc[nH]c2c1. The van der Waals surface area contributed by atoms with Crippen LogP contribution in [0.2, 0.25) is 0 Å². The summed E-state index contributed by atoms with van der Waals surface area (Å²) in [5, 5.41) is 7.16. The van der Waals surface area contributed by atoms with Crippen LogP contribution in [0.25, 0.3) is 11.0 Å². The minimum Gasteiger partial charge on any atom is -0.345 e. The average Bonchev–Trinajstić information content (AvgIpc) is 3.24. The molecular formula is C17H14N6O. The van der Waals surface area contributed by atoms with Gasteiger partial charge in [-0.3, -0.25) is 14.5 Å². The summed E-state index contributed by atoms with van der Waals surface area (Å²) in [6.07, 6.45) is 6.95. The van der Waals surface area contributed by atoms with Crippen LogP contribution in [0.5, 0.6) is 0 Å².